The molecule has 1 radical (unpaired) electrons. The normalized spacial score (nSPS) is 13.2. The zero-order valence-electron chi connectivity index (χ0n) is 33.2. The first-order chi connectivity index (χ1) is 30.9. The molecule has 29 nitrogen and oxygen atoms in total. The van der Waals surface area contributed by atoms with Crippen molar-refractivity contribution in [2.24, 2.45) is 10.2 Å². The van der Waals surface area contributed by atoms with E-state index < -0.39 is 166 Å². The Morgan fingerprint density at radius 3 is 1.51 bits per heavy atom. The van der Waals surface area contributed by atoms with Crippen LogP contribution in [0.5, 0.6) is 17.2 Å². The van der Waals surface area contributed by atoms with E-state index in [1.807, 2.05) is 0 Å². The van der Waals surface area contributed by atoms with Gasteiger partial charge in [0, 0.05) is 40.9 Å². The maximum absolute atomic E-state index is 13.0. The van der Waals surface area contributed by atoms with Crippen molar-refractivity contribution in [1.29, 1.82) is 0 Å². The van der Waals surface area contributed by atoms with E-state index >= 15 is 0 Å². The van der Waals surface area contributed by atoms with Crippen LogP contribution in [-0.4, -0.2) is 137 Å². The Morgan fingerprint density at radius 1 is 0.536 bits per heavy atom. The van der Waals surface area contributed by atoms with Crippen LogP contribution in [0.2, 0.25) is 5.28 Å². The molecule has 0 saturated carbocycles. The number of nitrogens with zero attached hydrogens (tertiary/aromatic N) is 5. The third-order valence-corrected chi connectivity index (χ3v) is 15.7. The van der Waals surface area contributed by atoms with Crippen molar-refractivity contribution in [3.63, 3.8) is 0 Å². The number of benzene rings is 4. The number of azo groups is 1. The zero-order valence-corrected chi connectivity index (χ0v) is 40.7. The molecule has 8 N–H and O–H groups in total. The van der Waals surface area contributed by atoms with Gasteiger partial charge in [-0.25, -0.2) is 40.2 Å². The van der Waals surface area contributed by atoms with E-state index in [1.54, 1.807) is 0 Å². The van der Waals surface area contributed by atoms with Gasteiger partial charge in [-0.05, 0) is 58.9 Å². The molecule has 0 aliphatic rings. The maximum atomic E-state index is 13.0. The van der Waals surface area contributed by atoms with Gasteiger partial charge in [0.15, 0.2) is 31.2 Å². The Labute approximate surface area is 405 Å². The molecule has 1 aromatic heterocycles. The van der Waals surface area contributed by atoms with Crippen LogP contribution in [0.3, 0.4) is 0 Å². The molecule has 1 heterocycles. The van der Waals surface area contributed by atoms with E-state index in [-0.39, 0.29) is 57.5 Å². The molecule has 5 rings (SSSR count). The molecule has 38 heteroatoms. The zero-order chi connectivity index (χ0) is 51.2. The molecule has 0 aliphatic heterocycles. The van der Waals surface area contributed by atoms with Crippen molar-refractivity contribution >= 4 is 105 Å². The molecule has 0 bridgehead atoms. The van der Waals surface area contributed by atoms with Gasteiger partial charge >= 0.3 is 20.8 Å². The second-order valence-corrected chi connectivity index (χ2v) is 24.3. The average Bonchev–Trinajstić information content (AvgIpc) is 3.16. The second-order valence-electron chi connectivity index (χ2n) is 13.4. The summed E-state index contributed by atoms with van der Waals surface area (Å²) in [6.07, 6.45) is -1.08. The van der Waals surface area contributed by atoms with Gasteiger partial charge in [-0.1, -0.05) is 12.1 Å². The Morgan fingerprint density at radius 2 is 1.01 bits per heavy atom. The summed E-state index contributed by atoms with van der Waals surface area (Å²) in [4.78, 5) is 6.07. The van der Waals surface area contributed by atoms with Crippen molar-refractivity contribution in [3.05, 3.63) is 76.6 Å². The number of halogens is 1. The SMILES string of the molecule is O=S(=O)(O)OCCS(=O)(=O)c1cc(Cc2nc(Cl)nc(Cc3ccc4cc(S(=O)(=O)O)c(N=Nc5cc(S(=O)(=O)CCOS(=O)(=O)O)cc(S(=O)(=O)O)c5O)c(O)c4c3)n2)c(O)c(S(=O)(=O)O)c1.[Cu]. The molecule has 4 aromatic carbocycles. The van der Waals surface area contributed by atoms with E-state index in [2.05, 4.69) is 33.5 Å². The quantitative estimate of drug-likeness (QED) is 0.0328. The van der Waals surface area contributed by atoms with Crippen LogP contribution in [0.4, 0.5) is 11.4 Å². The van der Waals surface area contributed by atoms with Gasteiger partial charge in [-0.2, -0.15) is 42.1 Å². The molecule has 5 aromatic rings. The minimum atomic E-state index is -5.49. The molecule has 0 amide bonds. The summed E-state index contributed by atoms with van der Waals surface area (Å²) in [5.41, 5.74) is -2.63. The van der Waals surface area contributed by atoms with Crippen molar-refractivity contribution in [2.45, 2.75) is 37.3 Å². The Kier molecular flexibility index (Phi) is 17.0. The number of aromatic hydroxyl groups is 3. The van der Waals surface area contributed by atoms with E-state index in [0.29, 0.717) is 12.1 Å². The summed E-state index contributed by atoms with van der Waals surface area (Å²) in [5.74, 6) is -6.73. The summed E-state index contributed by atoms with van der Waals surface area (Å²) < 4.78 is 223. The predicted molar refractivity (Wildman–Crippen MR) is 225 cm³/mol. The number of sulfone groups is 2. The molecule has 381 valence electrons. The smallest absolute Gasteiger partial charge is 0.397 e. The van der Waals surface area contributed by atoms with Crippen LogP contribution >= 0.6 is 11.6 Å². The standard InChI is InChI=1S/C31H28ClN5O24S7.Cu/c32-31-34-25(33-26(35-31)11-17-9-18(13-23(28(17)38)65(48,49)50)62(41,42)5-3-60-67(54,55)56)8-15-1-2-16-10-22(64(45,46)47)27(29(39)20(16)7-15)37-36-21-12-19(14-24(30(21)40)66(51,52)53)63(43,44)6-4-61-68(57,58)59;/h1-2,7,9-10,12-14,38-40H,3-6,8,11H2,(H,45,46,47)(H,48,49,50)(H,51,52,53)(H,54,55,56)(H,57,58,59);. The Bertz CT molecular complexity index is 3750. The van der Waals surface area contributed by atoms with Crippen LogP contribution in [0.25, 0.3) is 10.8 Å². The average molecular weight is 1180 g/mol. The van der Waals surface area contributed by atoms with E-state index in [1.165, 1.54) is 18.2 Å². The van der Waals surface area contributed by atoms with Crippen LogP contribution in [0.1, 0.15) is 22.8 Å². The minimum Gasteiger partial charge on any atom is -0.506 e. The van der Waals surface area contributed by atoms with Gasteiger partial charge in [0.1, 0.15) is 43.5 Å². The number of phenols is 3. The third-order valence-electron chi connectivity index (χ3n) is 8.66. The molecular weight excluding hydrogens is 1150 g/mol. The van der Waals surface area contributed by atoms with Gasteiger partial charge in [0.05, 0.1) is 34.5 Å². The van der Waals surface area contributed by atoms with Crippen molar-refractivity contribution in [2.75, 3.05) is 24.7 Å². The topological polar surface area (TPSA) is 483 Å². The Hall–Kier alpha value is -4.67. The molecular formula is C31H28ClCuN5O24S7. The minimum absolute atomic E-state index is 0. The summed E-state index contributed by atoms with van der Waals surface area (Å²) >= 11 is 6.11. The maximum Gasteiger partial charge on any atom is 0.397 e. The number of rotatable bonds is 19. The summed E-state index contributed by atoms with van der Waals surface area (Å²) in [5, 5.41) is 38.7. The number of aromatic nitrogens is 3. The second kappa shape index (κ2) is 20.6. The number of phenolic OH excluding ortho intramolecular Hbond substituents is 3. The summed E-state index contributed by atoms with van der Waals surface area (Å²) in [7, 11) is -35.9. The van der Waals surface area contributed by atoms with Gasteiger partial charge < -0.3 is 15.3 Å². The number of hydrogen-bond acceptors (Lipinski definition) is 24. The van der Waals surface area contributed by atoms with Crippen LogP contribution in [0, 0.1) is 0 Å². The van der Waals surface area contributed by atoms with E-state index in [9.17, 15) is 87.9 Å². The van der Waals surface area contributed by atoms with Gasteiger partial charge in [-0.3, -0.25) is 22.8 Å². The monoisotopic (exact) mass is 1180 g/mol. The molecule has 0 fully saturated rings. The summed E-state index contributed by atoms with van der Waals surface area (Å²) in [6.45, 7) is -2.35. The fourth-order valence-corrected chi connectivity index (χ4v) is 11.1. The first-order valence-electron chi connectivity index (χ1n) is 17.4. The van der Waals surface area contributed by atoms with Crippen molar-refractivity contribution in [1.82, 2.24) is 15.0 Å². The number of fused-ring (bicyclic) bond motifs is 1. The molecule has 0 saturated heterocycles. The fraction of sp³-hybridized carbons (Fsp3) is 0.194. The molecule has 0 aliphatic carbocycles. The van der Waals surface area contributed by atoms with E-state index in [0.717, 1.165) is 12.1 Å². The predicted octanol–water partition coefficient (Wildman–Crippen LogP) is 1.32. The molecule has 0 spiro atoms. The van der Waals surface area contributed by atoms with Crippen LogP contribution in [0.15, 0.2) is 83.2 Å². The molecule has 0 atom stereocenters. The first kappa shape index (κ1) is 56.9. The van der Waals surface area contributed by atoms with Crippen molar-refractivity contribution < 1.29 is 122 Å². The Balaban J connectivity index is 0.0000104. The van der Waals surface area contributed by atoms with Crippen LogP contribution < -0.4 is 0 Å². The molecule has 69 heavy (non-hydrogen) atoms. The fourth-order valence-electron chi connectivity index (χ4n) is 5.75. The molecule has 0 unspecified atom stereocenters. The number of hydrogen-bond donors (Lipinski definition) is 8. The van der Waals surface area contributed by atoms with Gasteiger partial charge in [0.25, 0.3) is 30.4 Å². The van der Waals surface area contributed by atoms with Gasteiger partial charge in [-0.15, -0.1) is 10.2 Å². The first-order valence-corrected chi connectivity index (χ1v) is 28.1. The third kappa shape index (κ3) is 14.7. The van der Waals surface area contributed by atoms with Crippen molar-refractivity contribution in [3.8, 4) is 17.2 Å². The summed E-state index contributed by atoms with van der Waals surface area (Å²) in [6, 6.07) is 6.20. The van der Waals surface area contributed by atoms with Gasteiger partial charge in [0.2, 0.25) is 5.28 Å². The largest absolute Gasteiger partial charge is 0.506 e. The van der Waals surface area contributed by atoms with Crippen LogP contribution in [-0.2, 0) is 109 Å². The van der Waals surface area contributed by atoms with E-state index in [4.69, 9.17) is 20.7 Å².